The Hall–Kier alpha value is -1.51. The highest BCUT2D eigenvalue weighted by atomic mass is 16.5. The standard InChI is InChI=1S/C14H18O3/c1-14(7-3-4-8-14)17-13-9-11(10-15)5-6-12(13)16-2/h5-6,9-10H,3-4,7-8H2,1-2H3. The third-order valence-electron chi connectivity index (χ3n) is 3.34. The van der Waals surface area contributed by atoms with Gasteiger partial charge in [-0.15, -0.1) is 0 Å². The van der Waals surface area contributed by atoms with Gasteiger partial charge in [-0.05, 0) is 50.8 Å². The lowest BCUT2D eigenvalue weighted by Gasteiger charge is -2.26. The van der Waals surface area contributed by atoms with E-state index in [0.717, 1.165) is 19.1 Å². The van der Waals surface area contributed by atoms with Crippen molar-refractivity contribution < 1.29 is 14.3 Å². The van der Waals surface area contributed by atoms with Gasteiger partial charge in [0.05, 0.1) is 7.11 Å². The molecule has 0 amide bonds. The fourth-order valence-electron chi connectivity index (χ4n) is 2.34. The second kappa shape index (κ2) is 4.78. The summed E-state index contributed by atoms with van der Waals surface area (Å²) in [6, 6.07) is 5.25. The first-order chi connectivity index (χ1) is 8.17. The Labute approximate surface area is 102 Å². The summed E-state index contributed by atoms with van der Waals surface area (Å²) in [5, 5.41) is 0. The van der Waals surface area contributed by atoms with Gasteiger partial charge in [-0.3, -0.25) is 4.79 Å². The molecule has 92 valence electrons. The molecular weight excluding hydrogens is 216 g/mol. The predicted octanol–water partition coefficient (Wildman–Crippen LogP) is 3.22. The first-order valence-corrected chi connectivity index (χ1v) is 5.99. The van der Waals surface area contributed by atoms with E-state index in [0.29, 0.717) is 17.1 Å². The van der Waals surface area contributed by atoms with E-state index in [4.69, 9.17) is 9.47 Å². The SMILES string of the molecule is COc1ccc(C=O)cc1OC1(C)CCCC1. The van der Waals surface area contributed by atoms with Crippen molar-refractivity contribution in [2.75, 3.05) is 7.11 Å². The van der Waals surface area contributed by atoms with Crippen LogP contribution in [0.5, 0.6) is 11.5 Å². The molecule has 0 aromatic heterocycles. The Morgan fingerprint density at radius 3 is 2.53 bits per heavy atom. The number of methoxy groups -OCH3 is 1. The average Bonchev–Trinajstić information content (AvgIpc) is 2.75. The number of benzene rings is 1. The molecule has 1 aromatic rings. The van der Waals surface area contributed by atoms with Gasteiger partial charge in [-0.1, -0.05) is 0 Å². The van der Waals surface area contributed by atoms with Crippen LogP contribution in [0.4, 0.5) is 0 Å². The summed E-state index contributed by atoms with van der Waals surface area (Å²) in [4.78, 5) is 10.8. The van der Waals surface area contributed by atoms with Crippen molar-refractivity contribution in [3.63, 3.8) is 0 Å². The molecule has 2 rings (SSSR count). The number of carbonyl (C=O) groups excluding carboxylic acids is 1. The minimum absolute atomic E-state index is 0.116. The smallest absolute Gasteiger partial charge is 0.162 e. The molecule has 1 fully saturated rings. The van der Waals surface area contributed by atoms with Crippen molar-refractivity contribution in [2.24, 2.45) is 0 Å². The summed E-state index contributed by atoms with van der Waals surface area (Å²) in [6.45, 7) is 2.12. The fourth-order valence-corrected chi connectivity index (χ4v) is 2.34. The number of hydrogen-bond donors (Lipinski definition) is 0. The summed E-state index contributed by atoms with van der Waals surface area (Å²) < 4.78 is 11.3. The quantitative estimate of drug-likeness (QED) is 0.750. The molecule has 1 aliphatic rings. The molecule has 3 heteroatoms. The van der Waals surface area contributed by atoms with E-state index in [1.807, 2.05) is 0 Å². The maximum atomic E-state index is 10.8. The Kier molecular flexibility index (Phi) is 3.36. The average molecular weight is 234 g/mol. The van der Waals surface area contributed by atoms with E-state index in [2.05, 4.69) is 6.92 Å². The first-order valence-electron chi connectivity index (χ1n) is 5.99. The van der Waals surface area contributed by atoms with Crippen molar-refractivity contribution in [3.05, 3.63) is 23.8 Å². The van der Waals surface area contributed by atoms with Crippen LogP contribution in [0.15, 0.2) is 18.2 Å². The van der Waals surface area contributed by atoms with Crippen LogP contribution in [0.25, 0.3) is 0 Å². The monoisotopic (exact) mass is 234 g/mol. The molecule has 0 bridgehead atoms. The van der Waals surface area contributed by atoms with Crippen molar-refractivity contribution in [1.82, 2.24) is 0 Å². The molecule has 0 saturated heterocycles. The number of carbonyl (C=O) groups is 1. The minimum atomic E-state index is -0.116. The second-order valence-corrected chi connectivity index (χ2v) is 4.79. The van der Waals surface area contributed by atoms with Gasteiger partial charge in [0.15, 0.2) is 11.5 Å². The van der Waals surface area contributed by atoms with E-state index in [-0.39, 0.29) is 5.60 Å². The molecular formula is C14H18O3. The fraction of sp³-hybridized carbons (Fsp3) is 0.500. The van der Waals surface area contributed by atoms with Gasteiger partial charge in [-0.2, -0.15) is 0 Å². The van der Waals surface area contributed by atoms with E-state index in [9.17, 15) is 4.79 Å². The van der Waals surface area contributed by atoms with Crippen molar-refractivity contribution in [3.8, 4) is 11.5 Å². The van der Waals surface area contributed by atoms with Crippen LogP contribution in [0.2, 0.25) is 0 Å². The summed E-state index contributed by atoms with van der Waals surface area (Å²) in [7, 11) is 1.61. The van der Waals surface area contributed by atoms with E-state index < -0.39 is 0 Å². The largest absolute Gasteiger partial charge is 0.493 e. The first kappa shape index (κ1) is 12.0. The molecule has 0 radical (unpaired) electrons. The zero-order valence-electron chi connectivity index (χ0n) is 10.4. The molecule has 3 nitrogen and oxygen atoms in total. The van der Waals surface area contributed by atoms with Crippen LogP contribution < -0.4 is 9.47 Å². The lowest BCUT2D eigenvalue weighted by atomic mass is 10.1. The molecule has 0 atom stereocenters. The Balaban J connectivity index is 2.26. The van der Waals surface area contributed by atoms with Gasteiger partial charge in [0.2, 0.25) is 0 Å². The van der Waals surface area contributed by atoms with Gasteiger partial charge in [0.25, 0.3) is 0 Å². The molecule has 0 spiro atoms. The highest BCUT2D eigenvalue weighted by Crippen LogP contribution is 2.37. The maximum Gasteiger partial charge on any atom is 0.162 e. The molecule has 0 unspecified atom stereocenters. The highest BCUT2D eigenvalue weighted by Gasteiger charge is 2.31. The lowest BCUT2D eigenvalue weighted by Crippen LogP contribution is -2.28. The van der Waals surface area contributed by atoms with Crippen molar-refractivity contribution >= 4 is 6.29 Å². The predicted molar refractivity (Wildman–Crippen MR) is 65.9 cm³/mol. The summed E-state index contributed by atoms with van der Waals surface area (Å²) in [5.41, 5.74) is 0.497. The molecule has 1 aliphatic carbocycles. The Bertz CT molecular complexity index is 406. The van der Waals surface area contributed by atoms with Gasteiger partial charge in [-0.25, -0.2) is 0 Å². The zero-order chi connectivity index (χ0) is 12.3. The minimum Gasteiger partial charge on any atom is -0.493 e. The molecule has 0 N–H and O–H groups in total. The highest BCUT2D eigenvalue weighted by molar-refractivity contribution is 5.76. The number of hydrogen-bond acceptors (Lipinski definition) is 3. The summed E-state index contributed by atoms with van der Waals surface area (Å²) >= 11 is 0. The molecule has 0 aliphatic heterocycles. The number of ether oxygens (including phenoxy) is 2. The van der Waals surface area contributed by atoms with E-state index >= 15 is 0 Å². The van der Waals surface area contributed by atoms with Crippen LogP contribution in [0, 0.1) is 0 Å². The van der Waals surface area contributed by atoms with Crippen LogP contribution >= 0.6 is 0 Å². The maximum absolute atomic E-state index is 10.8. The van der Waals surface area contributed by atoms with Crippen LogP contribution in [-0.4, -0.2) is 19.0 Å². The third-order valence-corrected chi connectivity index (χ3v) is 3.34. The Morgan fingerprint density at radius 1 is 1.24 bits per heavy atom. The van der Waals surface area contributed by atoms with Crippen LogP contribution in [0.3, 0.4) is 0 Å². The Morgan fingerprint density at radius 2 is 1.94 bits per heavy atom. The second-order valence-electron chi connectivity index (χ2n) is 4.79. The van der Waals surface area contributed by atoms with Gasteiger partial charge < -0.3 is 9.47 Å². The van der Waals surface area contributed by atoms with Crippen molar-refractivity contribution in [1.29, 1.82) is 0 Å². The molecule has 1 saturated carbocycles. The number of aldehydes is 1. The molecule has 1 aromatic carbocycles. The van der Waals surface area contributed by atoms with Crippen molar-refractivity contribution in [2.45, 2.75) is 38.2 Å². The summed E-state index contributed by atoms with van der Waals surface area (Å²) in [6.07, 6.45) is 5.34. The van der Waals surface area contributed by atoms with Gasteiger partial charge >= 0.3 is 0 Å². The van der Waals surface area contributed by atoms with Crippen LogP contribution in [-0.2, 0) is 0 Å². The normalized spacial score (nSPS) is 17.8. The van der Waals surface area contributed by atoms with Gasteiger partial charge in [0, 0.05) is 5.56 Å². The van der Waals surface area contributed by atoms with E-state index in [1.54, 1.807) is 25.3 Å². The topological polar surface area (TPSA) is 35.5 Å². The molecule has 17 heavy (non-hydrogen) atoms. The van der Waals surface area contributed by atoms with Crippen LogP contribution in [0.1, 0.15) is 43.0 Å². The van der Waals surface area contributed by atoms with E-state index in [1.165, 1.54) is 12.8 Å². The lowest BCUT2D eigenvalue weighted by molar-refractivity contribution is 0.0923. The zero-order valence-corrected chi connectivity index (χ0v) is 10.4. The number of rotatable bonds is 4. The van der Waals surface area contributed by atoms with Gasteiger partial charge in [0.1, 0.15) is 11.9 Å². The molecule has 0 heterocycles. The third kappa shape index (κ3) is 2.60. The summed E-state index contributed by atoms with van der Waals surface area (Å²) in [5.74, 6) is 1.35.